The maximum absolute atomic E-state index is 11.1. The van der Waals surface area contributed by atoms with Gasteiger partial charge in [0.1, 0.15) is 5.82 Å². The van der Waals surface area contributed by atoms with E-state index in [4.69, 9.17) is 16.2 Å². The Hall–Kier alpha value is -1.98. The fourth-order valence-electron chi connectivity index (χ4n) is 1.48. The molecule has 1 aromatic rings. The maximum Gasteiger partial charge on any atom is 0.305 e. The van der Waals surface area contributed by atoms with Crippen molar-refractivity contribution < 1.29 is 9.53 Å². The van der Waals surface area contributed by atoms with E-state index in [0.29, 0.717) is 36.8 Å². The third-order valence-electron chi connectivity index (χ3n) is 2.34. The zero-order valence-corrected chi connectivity index (χ0v) is 10.6. The molecule has 0 spiro atoms. The van der Waals surface area contributed by atoms with Gasteiger partial charge in [-0.05, 0) is 25.8 Å². The second-order valence-electron chi connectivity index (χ2n) is 3.90. The average molecular weight is 252 g/mol. The van der Waals surface area contributed by atoms with Crippen molar-refractivity contribution in [3.63, 3.8) is 0 Å². The Labute approximate surface area is 107 Å². The fourth-order valence-corrected chi connectivity index (χ4v) is 1.48. The van der Waals surface area contributed by atoms with Crippen LogP contribution in [0.1, 0.15) is 26.2 Å². The number of hydrogen-bond donors (Lipinski definition) is 3. The Balaban J connectivity index is 2.20. The molecule has 18 heavy (non-hydrogen) atoms. The minimum Gasteiger partial charge on any atom is -0.466 e. The minimum atomic E-state index is -0.150. The Morgan fingerprint density at radius 1 is 1.44 bits per heavy atom. The summed E-state index contributed by atoms with van der Waals surface area (Å²) < 4.78 is 4.83. The van der Waals surface area contributed by atoms with Gasteiger partial charge < -0.3 is 21.5 Å². The van der Waals surface area contributed by atoms with Crippen molar-refractivity contribution >= 4 is 23.2 Å². The van der Waals surface area contributed by atoms with Crippen LogP contribution in [-0.2, 0) is 9.53 Å². The van der Waals surface area contributed by atoms with Crippen LogP contribution in [0.3, 0.4) is 0 Å². The minimum absolute atomic E-state index is 0.150. The zero-order chi connectivity index (χ0) is 13.4. The lowest BCUT2D eigenvalue weighted by atomic mass is 10.2. The summed E-state index contributed by atoms with van der Waals surface area (Å²) in [5.41, 5.74) is 12.4. The van der Waals surface area contributed by atoms with Gasteiger partial charge in [0.15, 0.2) is 0 Å². The molecule has 1 heterocycles. The zero-order valence-electron chi connectivity index (χ0n) is 10.6. The molecule has 0 aliphatic rings. The Bertz CT molecular complexity index is 396. The van der Waals surface area contributed by atoms with E-state index >= 15 is 0 Å². The average Bonchev–Trinajstić information content (AvgIpc) is 2.31. The number of pyridine rings is 1. The van der Waals surface area contributed by atoms with E-state index in [1.807, 2.05) is 0 Å². The molecule has 6 heteroatoms. The molecule has 0 unspecified atom stereocenters. The number of rotatable bonds is 7. The van der Waals surface area contributed by atoms with Gasteiger partial charge in [0.25, 0.3) is 0 Å². The molecule has 5 N–H and O–H groups in total. The normalized spacial score (nSPS) is 10.1. The molecule has 0 bridgehead atoms. The summed E-state index contributed by atoms with van der Waals surface area (Å²) in [4.78, 5) is 15.2. The van der Waals surface area contributed by atoms with Crippen molar-refractivity contribution in [2.75, 3.05) is 29.9 Å². The molecule has 0 aliphatic carbocycles. The van der Waals surface area contributed by atoms with Gasteiger partial charge >= 0.3 is 5.97 Å². The molecule has 0 fully saturated rings. The highest BCUT2D eigenvalue weighted by Gasteiger charge is 2.02. The van der Waals surface area contributed by atoms with E-state index in [-0.39, 0.29) is 5.97 Å². The first-order chi connectivity index (χ1) is 8.63. The fraction of sp³-hybridized carbons (Fsp3) is 0.500. The molecule has 0 aliphatic heterocycles. The predicted molar refractivity (Wildman–Crippen MR) is 72.0 cm³/mol. The maximum atomic E-state index is 11.1. The van der Waals surface area contributed by atoms with Crippen molar-refractivity contribution in [2.45, 2.75) is 26.2 Å². The lowest BCUT2D eigenvalue weighted by Gasteiger charge is -2.08. The standard InChI is InChI=1S/C12H20N4O2/c1-2-18-11(17)5-3-4-6-15-12-10(14)7-9(13)8-16-12/h7-8H,2-6,13-14H2,1H3,(H,15,16). The Morgan fingerprint density at radius 3 is 2.89 bits per heavy atom. The van der Waals surface area contributed by atoms with Gasteiger partial charge in [-0.2, -0.15) is 0 Å². The second-order valence-corrected chi connectivity index (χ2v) is 3.90. The summed E-state index contributed by atoms with van der Waals surface area (Å²) >= 11 is 0. The summed E-state index contributed by atoms with van der Waals surface area (Å²) in [5.74, 6) is 0.475. The van der Waals surface area contributed by atoms with Gasteiger partial charge in [0, 0.05) is 13.0 Å². The number of esters is 1. The van der Waals surface area contributed by atoms with Crippen LogP contribution in [0.5, 0.6) is 0 Å². The van der Waals surface area contributed by atoms with Crippen molar-refractivity contribution in [1.82, 2.24) is 4.98 Å². The molecule has 1 aromatic heterocycles. The lowest BCUT2D eigenvalue weighted by Crippen LogP contribution is -2.08. The first-order valence-corrected chi connectivity index (χ1v) is 6.04. The van der Waals surface area contributed by atoms with E-state index in [2.05, 4.69) is 10.3 Å². The molecule has 0 amide bonds. The highest BCUT2D eigenvalue weighted by Crippen LogP contribution is 2.17. The van der Waals surface area contributed by atoms with Gasteiger partial charge in [-0.25, -0.2) is 4.98 Å². The van der Waals surface area contributed by atoms with Crippen LogP contribution in [0.2, 0.25) is 0 Å². The van der Waals surface area contributed by atoms with Crippen LogP contribution in [-0.4, -0.2) is 24.1 Å². The molecule has 100 valence electrons. The molecule has 0 saturated heterocycles. The number of nitrogens with one attached hydrogen (secondary N) is 1. The molecular formula is C12H20N4O2. The number of nitrogen functional groups attached to an aromatic ring is 2. The van der Waals surface area contributed by atoms with Gasteiger partial charge in [-0.3, -0.25) is 4.79 Å². The summed E-state index contributed by atoms with van der Waals surface area (Å²) in [6, 6.07) is 1.66. The van der Waals surface area contributed by atoms with Crippen LogP contribution < -0.4 is 16.8 Å². The smallest absolute Gasteiger partial charge is 0.305 e. The number of carbonyl (C=O) groups is 1. The Kier molecular flexibility index (Phi) is 5.76. The third-order valence-corrected chi connectivity index (χ3v) is 2.34. The van der Waals surface area contributed by atoms with Gasteiger partial charge in [0.05, 0.1) is 24.2 Å². The number of nitrogens with zero attached hydrogens (tertiary/aromatic N) is 1. The van der Waals surface area contributed by atoms with E-state index in [1.165, 1.54) is 0 Å². The number of ether oxygens (including phenoxy) is 1. The molecule has 0 radical (unpaired) electrons. The summed E-state index contributed by atoms with van der Waals surface area (Å²) in [6.07, 6.45) is 3.63. The van der Waals surface area contributed by atoms with E-state index in [9.17, 15) is 4.79 Å². The molecule has 6 nitrogen and oxygen atoms in total. The molecule has 0 saturated carbocycles. The largest absolute Gasteiger partial charge is 0.466 e. The predicted octanol–water partition coefficient (Wildman–Crippen LogP) is 1.39. The van der Waals surface area contributed by atoms with Crippen molar-refractivity contribution in [3.8, 4) is 0 Å². The topological polar surface area (TPSA) is 103 Å². The van der Waals surface area contributed by atoms with Crippen molar-refractivity contribution in [2.24, 2.45) is 0 Å². The number of unbranched alkanes of at least 4 members (excludes halogenated alkanes) is 1. The van der Waals surface area contributed by atoms with E-state index in [0.717, 1.165) is 12.8 Å². The Morgan fingerprint density at radius 2 is 2.22 bits per heavy atom. The number of anilines is 3. The lowest BCUT2D eigenvalue weighted by molar-refractivity contribution is -0.143. The van der Waals surface area contributed by atoms with Crippen LogP contribution in [0.15, 0.2) is 12.3 Å². The highest BCUT2D eigenvalue weighted by atomic mass is 16.5. The van der Waals surface area contributed by atoms with Crippen LogP contribution in [0, 0.1) is 0 Å². The first-order valence-electron chi connectivity index (χ1n) is 6.04. The third kappa shape index (κ3) is 4.90. The van der Waals surface area contributed by atoms with Gasteiger partial charge in [0.2, 0.25) is 0 Å². The summed E-state index contributed by atoms with van der Waals surface area (Å²) in [6.45, 7) is 2.94. The number of carbonyl (C=O) groups excluding carboxylic acids is 1. The van der Waals surface area contributed by atoms with Gasteiger partial charge in [-0.15, -0.1) is 0 Å². The van der Waals surface area contributed by atoms with E-state index < -0.39 is 0 Å². The van der Waals surface area contributed by atoms with Crippen LogP contribution in [0.4, 0.5) is 17.2 Å². The van der Waals surface area contributed by atoms with Crippen LogP contribution in [0.25, 0.3) is 0 Å². The number of hydrogen-bond acceptors (Lipinski definition) is 6. The highest BCUT2D eigenvalue weighted by molar-refractivity contribution is 5.69. The number of aromatic nitrogens is 1. The summed E-state index contributed by atoms with van der Waals surface area (Å²) in [7, 11) is 0. The molecule has 0 aromatic carbocycles. The quantitative estimate of drug-likeness (QED) is 0.500. The molecule has 1 rings (SSSR count). The van der Waals surface area contributed by atoms with E-state index in [1.54, 1.807) is 19.2 Å². The SMILES string of the molecule is CCOC(=O)CCCCNc1ncc(N)cc1N. The van der Waals surface area contributed by atoms with Gasteiger partial charge in [-0.1, -0.05) is 0 Å². The van der Waals surface area contributed by atoms with Crippen molar-refractivity contribution in [1.29, 1.82) is 0 Å². The monoisotopic (exact) mass is 252 g/mol. The first kappa shape index (κ1) is 14.1. The number of nitrogens with two attached hydrogens (primary N) is 2. The summed E-state index contributed by atoms with van der Waals surface area (Å²) in [5, 5.41) is 3.10. The van der Waals surface area contributed by atoms with Crippen LogP contribution >= 0.6 is 0 Å². The van der Waals surface area contributed by atoms with Crippen molar-refractivity contribution in [3.05, 3.63) is 12.3 Å². The molecule has 0 atom stereocenters. The molecular weight excluding hydrogens is 232 g/mol. The second kappa shape index (κ2) is 7.37.